The first kappa shape index (κ1) is 13.0. The third-order valence-electron chi connectivity index (χ3n) is 3.65. The van der Waals surface area contributed by atoms with Gasteiger partial charge in [-0.25, -0.2) is 4.39 Å². The first-order valence-corrected chi connectivity index (χ1v) is 6.29. The molecule has 1 saturated heterocycles. The maximum atomic E-state index is 12.8. The smallest absolute Gasteiger partial charge is 0.253 e. The Morgan fingerprint density at radius 3 is 2.39 bits per heavy atom. The van der Waals surface area contributed by atoms with E-state index in [-0.39, 0.29) is 11.7 Å². The van der Waals surface area contributed by atoms with Gasteiger partial charge in [0.15, 0.2) is 0 Å². The highest BCUT2D eigenvalue weighted by atomic mass is 19.1. The fraction of sp³-hybridized carbons (Fsp3) is 0.500. The van der Waals surface area contributed by atoms with Crippen LogP contribution in [0.3, 0.4) is 0 Å². The van der Waals surface area contributed by atoms with Gasteiger partial charge in [0.25, 0.3) is 5.91 Å². The van der Waals surface area contributed by atoms with Gasteiger partial charge in [-0.15, -0.1) is 0 Å². The first-order chi connectivity index (χ1) is 8.58. The molecule has 0 radical (unpaired) electrons. The van der Waals surface area contributed by atoms with E-state index in [1.54, 1.807) is 17.0 Å². The summed E-state index contributed by atoms with van der Waals surface area (Å²) in [6.45, 7) is 2.04. The summed E-state index contributed by atoms with van der Waals surface area (Å²) in [7, 11) is 3.93. The predicted octanol–water partition coefficient (Wildman–Crippen LogP) is 1.99. The summed E-state index contributed by atoms with van der Waals surface area (Å²) < 4.78 is 12.8. The second-order valence-corrected chi connectivity index (χ2v) is 4.96. The molecule has 1 aliphatic rings. The Kier molecular flexibility index (Phi) is 3.97. The van der Waals surface area contributed by atoms with Crippen molar-refractivity contribution in [1.82, 2.24) is 9.80 Å². The minimum absolute atomic E-state index is 0.0236. The van der Waals surface area contributed by atoms with Crippen LogP contribution < -0.4 is 0 Å². The summed E-state index contributed by atoms with van der Waals surface area (Å²) in [5.74, 6) is -0.335. The normalized spacial score (nSPS) is 17.7. The van der Waals surface area contributed by atoms with Crippen LogP contribution in [0.1, 0.15) is 23.2 Å². The molecule has 1 aliphatic heterocycles. The SMILES string of the molecule is CN1CCC(N(C)C(=O)c2ccc(F)cc2)CC1. The van der Waals surface area contributed by atoms with E-state index in [9.17, 15) is 9.18 Å². The largest absolute Gasteiger partial charge is 0.339 e. The Bertz CT molecular complexity index is 410. The Balaban J connectivity index is 2.02. The van der Waals surface area contributed by atoms with Gasteiger partial charge in [-0.05, 0) is 57.2 Å². The van der Waals surface area contributed by atoms with E-state index in [0.717, 1.165) is 25.9 Å². The fourth-order valence-electron chi connectivity index (χ4n) is 2.34. The summed E-state index contributed by atoms with van der Waals surface area (Å²) in [5.41, 5.74) is 0.554. The lowest BCUT2D eigenvalue weighted by Crippen LogP contribution is -2.44. The van der Waals surface area contributed by atoms with Crippen molar-refractivity contribution in [3.8, 4) is 0 Å². The van der Waals surface area contributed by atoms with Gasteiger partial charge in [0.05, 0.1) is 0 Å². The third kappa shape index (κ3) is 2.88. The van der Waals surface area contributed by atoms with E-state index in [4.69, 9.17) is 0 Å². The van der Waals surface area contributed by atoms with E-state index in [2.05, 4.69) is 11.9 Å². The molecule has 2 rings (SSSR count). The highest BCUT2D eigenvalue weighted by Gasteiger charge is 2.24. The topological polar surface area (TPSA) is 23.6 Å². The molecule has 18 heavy (non-hydrogen) atoms. The van der Waals surface area contributed by atoms with Gasteiger partial charge in [-0.1, -0.05) is 0 Å². The van der Waals surface area contributed by atoms with Gasteiger partial charge >= 0.3 is 0 Å². The fourth-order valence-corrected chi connectivity index (χ4v) is 2.34. The van der Waals surface area contributed by atoms with Crippen molar-refractivity contribution in [2.45, 2.75) is 18.9 Å². The predicted molar refractivity (Wildman–Crippen MR) is 69.0 cm³/mol. The van der Waals surface area contributed by atoms with Crippen LogP contribution in [0.15, 0.2) is 24.3 Å². The quantitative estimate of drug-likeness (QED) is 0.801. The number of halogens is 1. The Hall–Kier alpha value is -1.42. The second kappa shape index (κ2) is 5.48. The maximum absolute atomic E-state index is 12.8. The summed E-state index contributed by atoms with van der Waals surface area (Å²) >= 11 is 0. The zero-order valence-electron chi connectivity index (χ0n) is 10.9. The molecule has 1 heterocycles. The molecule has 0 atom stereocenters. The van der Waals surface area contributed by atoms with Gasteiger partial charge in [-0.3, -0.25) is 4.79 Å². The van der Waals surface area contributed by atoms with Crippen LogP contribution in [0.5, 0.6) is 0 Å². The Morgan fingerprint density at radius 1 is 1.28 bits per heavy atom. The average molecular weight is 250 g/mol. The summed E-state index contributed by atoms with van der Waals surface area (Å²) in [6.07, 6.45) is 2.00. The number of rotatable bonds is 2. The van der Waals surface area contributed by atoms with Gasteiger partial charge < -0.3 is 9.80 Å². The average Bonchev–Trinajstić information content (AvgIpc) is 2.39. The number of hydrogen-bond acceptors (Lipinski definition) is 2. The standard InChI is InChI=1S/C14H19FN2O/c1-16-9-7-13(8-10-16)17(2)14(18)11-3-5-12(15)6-4-11/h3-6,13H,7-10H2,1-2H3. The molecule has 0 unspecified atom stereocenters. The van der Waals surface area contributed by atoms with Crippen molar-refractivity contribution in [2.24, 2.45) is 0 Å². The molecule has 0 bridgehead atoms. The van der Waals surface area contributed by atoms with E-state index < -0.39 is 0 Å². The molecule has 1 aromatic carbocycles. The molecule has 1 fully saturated rings. The van der Waals surface area contributed by atoms with Crippen LogP contribution in [0, 0.1) is 5.82 Å². The number of carbonyl (C=O) groups is 1. The van der Waals surface area contributed by atoms with Crippen molar-refractivity contribution in [3.05, 3.63) is 35.6 Å². The van der Waals surface area contributed by atoms with E-state index in [1.165, 1.54) is 12.1 Å². The molecule has 0 aromatic heterocycles. The molecule has 4 heteroatoms. The van der Waals surface area contributed by atoms with Crippen molar-refractivity contribution in [3.63, 3.8) is 0 Å². The Morgan fingerprint density at radius 2 is 1.83 bits per heavy atom. The lowest BCUT2D eigenvalue weighted by molar-refractivity contribution is 0.0659. The monoisotopic (exact) mass is 250 g/mol. The number of nitrogens with zero attached hydrogens (tertiary/aromatic N) is 2. The zero-order chi connectivity index (χ0) is 13.1. The molecular weight excluding hydrogens is 231 g/mol. The summed E-state index contributed by atoms with van der Waals surface area (Å²) in [6, 6.07) is 6.04. The number of likely N-dealkylation sites (tertiary alicyclic amines) is 1. The first-order valence-electron chi connectivity index (χ1n) is 6.29. The van der Waals surface area contributed by atoms with Crippen LogP contribution in [0.4, 0.5) is 4.39 Å². The van der Waals surface area contributed by atoms with Crippen molar-refractivity contribution in [2.75, 3.05) is 27.2 Å². The highest BCUT2D eigenvalue weighted by molar-refractivity contribution is 5.94. The number of piperidine rings is 1. The lowest BCUT2D eigenvalue weighted by Gasteiger charge is -2.35. The Labute approximate surface area is 107 Å². The molecule has 98 valence electrons. The van der Waals surface area contributed by atoms with Crippen LogP contribution in [-0.2, 0) is 0 Å². The summed E-state index contributed by atoms with van der Waals surface area (Å²) in [5, 5.41) is 0. The van der Waals surface area contributed by atoms with Crippen molar-refractivity contribution < 1.29 is 9.18 Å². The van der Waals surface area contributed by atoms with Crippen LogP contribution >= 0.6 is 0 Å². The number of benzene rings is 1. The molecule has 1 aromatic rings. The van der Waals surface area contributed by atoms with Gasteiger partial charge in [-0.2, -0.15) is 0 Å². The zero-order valence-corrected chi connectivity index (χ0v) is 10.9. The van der Waals surface area contributed by atoms with Crippen LogP contribution in [-0.4, -0.2) is 48.9 Å². The second-order valence-electron chi connectivity index (χ2n) is 4.96. The molecular formula is C14H19FN2O. The molecule has 1 amide bonds. The maximum Gasteiger partial charge on any atom is 0.253 e. The van der Waals surface area contributed by atoms with Gasteiger partial charge in [0.2, 0.25) is 0 Å². The van der Waals surface area contributed by atoms with Crippen LogP contribution in [0.25, 0.3) is 0 Å². The molecule has 0 spiro atoms. The summed E-state index contributed by atoms with van der Waals surface area (Å²) in [4.78, 5) is 16.3. The van der Waals surface area contributed by atoms with E-state index >= 15 is 0 Å². The van der Waals surface area contributed by atoms with Gasteiger partial charge in [0.1, 0.15) is 5.82 Å². The minimum Gasteiger partial charge on any atom is -0.339 e. The number of amides is 1. The number of hydrogen-bond donors (Lipinski definition) is 0. The molecule has 3 nitrogen and oxygen atoms in total. The minimum atomic E-state index is -0.312. The van der Waals surface area contributed by atoms with Gasteiger partial charge in [0, 0.05) is 18.7 Å². The lowest BCUT2D eigenvalue weighted by atomic mass is 10.0. The van der Waals surface area contributed by atoms with E-state index in [1.807, 2.05) is 7.05 Å². The van der Waals surface area contributed by atoms with Crippen LogP contribution in [0.2, 0.25) is 0 Å². The van der Waals surface area contributed by atoms with E-state index in [0.29, 0.717) is 11.6 Å². The molecule has 0 N–H and O–H groups in total. The van der Waals surface area contributed by atoms with Crippen molar-refractivity contribution in [1.29, 1.82) is 0 Å². The highest BCUT2D eigenvalue weighted by Crippen LogP contribution is 2.16. The number of carbonyl (C=O) groups excluding carboxylic acids is 1. The van der Waals surface area contributed by atoms with Crippen molar-refractivity contribution >= 4 is 5.91 Å². The molecule has 0 aliphatic carbocycles. The third-order valence-corrected chi connectivity index (χ3v) is 3.65. The molecule has 0 saturated carbocycles.